The average molecular weight is 380 g/mol. The molecule has 9 heteroatoms. The summed E-state index contributed by atoms with van der Waals surface area (Å²) in [5, 5.41) is 5.12. The van der Waals surface area contributed by atoms with Crippen molar-refractivity contribution in [2.45, 2.75) is 18.7 Å². The van der Waals surface area contributed by atoms with E-state index in [9.17, 15) is 18.0 Å². The standard InChI is InChI=1S/C17H20N2O6S/c1-10-7-13(11(2)19(10)3)14(20)9-25-17(21)12-5-6-15(24-4)16(8-12)26(18,22)23/h5-8H,9H2,1-4H3,(H2,18,22,23). The number of hydrogen-bond donors (Lipinski definition) is 1. The van der Waals surface area contributed by atoms with Gasteiger partial charge in [-0.15, -0.1) is 0 Å². The number of hydrogen-bond acceptors (Lipinski definition) is 6. The Bertz CT molecular complexity index is 975. The molecule has 2 aromatic rings. The second kappa shape index (κ2) is 7.30. The van der Waals surface area contributed by atoms with Crippen molar-refractivity contribution in [1.82, 2.24) is 4.57 Å². The van der Waals surface area contributed by atoms with Crippen LogP contribution in [0.2, 0.25) is 0 Å². The molecule has 140 valence electrons. The molecule has 1 heterocycles. The highest BCUT2D eigenvalue weighted by atomic mass is 32.2. The molecular weight excluding hydrogens is 360 g/mol. The van der Waals surface area contributed by atoms with Gasteiger partial charge in [-0.05, 0) is 38.1 Å². The number of primary sulfonamides is 1. The lowest BCUT2D eigenvalue weighted by molar-refractivity contribution is 0.0474. The first-order chi connectivity index (χ1) is 12.1. The summed E-state index contributed by atoms with van der Waals surface area (Å²) in [5.41, 5.74) is 2.09. The van der Waals surface area contributed by atoms with E-state index in [0.29, 0.717) is 5.56 Å². The molecule has 2 N–H and O–H groups in total. The van der Waals surface area contributed by atoms with E-state index in [-0.39, 0.29) is 22.0 Å². The molecule has 0 bridgehead atoms. The van der Waals surface area contributed by atoms with E-state index >= 15 is 0 Å². The molecule has 0 radical (unpaired) electrons. The van der Waals surface area contributed by atoms with E-state index in [0.717, 1.165) is 17.5 Å². The predicted molar refractivity (Wildman–Crippen MR) is 93.9 cm³/mol. The van der Waals surface area contributed by atoms with Crippen molar-refractivity contribution in [3.8, 4) is 5.75 Å². The van der Waals surface area contributed by atoms with Gasteiger partial charge in [0.15, 0.2) is 6.61 Å². The van der Waals surface area contributed by atoms with Gasteiger partial charge in [0, 0.05) is 24.0 Å². The number of methoxy groups -OCH3 is 1. The Balaban J connectivity index is 2.18. The Morgan fingerprint density at radius 2 is 1.85 bits per heavy atom. The summed E-state index contributed by atoms with van der Waals surface area (Å²) in [5.74, 6) is -1.17. The number of ether oxygens (including phenoxy) is 2. The maximum atomic E-state index is 12.3. The van der Waals surface area contributed by atoms with Crippen LogP contribution in [-0.4, -0.2) is 38.5 Å². The monoisotopic (exact) mass is 380 g/mol. The maximum Gasteiger partial charge on any atom is 0.338 e. The van der Waals surface area contributed by atoms with Crippen LogP contribution in [0.1, 0.15) is 32.1 Å². The molecular formula is C17H20N2O6S. The second-order valence-corrected chi connectivity index (χ2v) is 7.28. The number of nitrogens with two attached hydrogens (primary N) is 1. The Morgan fingerprint density at radius 3 is 2.35 bits per heavy atom. The van der Waals surface area contributed by atoms with E-state index < -0.39 is 22.6 Å². The Morgan fingerprint density at radius 1 is 1.19 bits per heavy atom. The third-order valence-electron chi connectivity index (χ3n) is 4.12. The summed E-state index contributed by atoms with van der Waals surface area (Å²) in [6.45, 7) is 3.20. The maximum absolute atomic E-state index is 12.3. The van der Waals surface area contributed by atoms with E-state index in [1.165, 1.54) is 19.2 Å². The van der Waals surface area contributed by atoms with Gasteiger partial charge in [-0.2, -0.15) is 0 Å². The second-order valence-electron chi connectivity index (χ2n) is 5.75. The minimum Gasteiger partial charge on any atom is -0.495 e. The van der Waals surface area contributed by atoms with E-state index in [4.69, 9.17) is 14.6 Å². The van der Waals surface area contributed by atoms with E-state index in [1.54, 1.807) is 13.0 Å². The van der Waals surface area contributed by atoms with Crippen LogP contribution in [-0.2, 0) is 21.8 Å². The zero-order valence-electron chi connectivity index (χ0n) is 14.9. The highest BCUT2D eigenvalue weighted by Gasteiger charge is 2.20. The van der Waals surface area contributed by atoms with Gasteiger partial charge in [0.05, 0.1) is 12.7 Å². The molecule has 0 spiro atoms. The molecule has 0 saturated heterocycles. The zero-order chi connectivity index (χ0) is 19.6. The van der Waals surface area contributed by atoms with Crippen LogP contribution in [0, 0.1) is 13.8 Å². The van der Waals surface area contributed by atoms with Gasteiger partial charge in [0.2, 0.25) is 15.8 Å². The van der Waals surface area contributed by atoms with Gasteiger partial charge < -0.3 is 14.0 Å². The fraction of sp³-hybridized carbons (Fsp3) is 0.294. The Kier molecular flexibility index (Phi) is 5.53. The lowest BCUT2D eigenvalue weighted by Gasteiger charge is -2.09. The number of carbonyl (C=O) groups excluding carboxylic acids is 2. The van der Waals surface area contributed by atoms with Gasteiger partial charge in [0.1, 0.15) is 10.6 Å². The van der Waals surface area contributed by atoms with Crippen molar-refractivity contribution < 1.29 is 27.5 Å². The molecule has 0 atom stereocenters. The minimum absolute atomic E-state index is 0.00973. The molecule has 1 aromatic carbocycles. The van der Waals surface area contributed by atoms with Crippen molar-refractivity contribution in [3.63, 3.8) is 0 Å². The Hall–Kier alpha value is -2.65. The summed E-state index contributed by atoms with van der Waals surface area (Å²) in [6.07, 6.45) is 0. The third-order valence-corrected chi connectivity index (χ3v) is 5.05. The highest BCUT2D eigenvalue weighted by molar-refractivity contribution is 7.89. The van der Waals surface area contributed by atoms with E-state index in [2.05, 4.69) is 0 Å². The summed E-state index contributed by atoms with van der Waals surface area (Å²) < 4.78 is 35.0. The van der Waals surface area contributed by atoms with Crippen LogP contribution in [0.25, 0.3) is 0 Å². The highest BCUT2D eigenvalue weighted by Crippen LogP contribution is 2.24. The molecule has 0 aliphatic carbocycles. The molecule has 2 rings (SSSR count). The number of benzene rings is 1. The smallest absolute Gasteiger partial charge is 0.338 e. The molecule has 0 aliphatic rings. The molecule has 0 fully saturated rings. The third kappa shape index (κ3) is 3.94. The van der Waals surface area contributed by atoms with Crippen LogP contribution < -0.4 is 9.88 Å². The van der Waals surface area contributed by atoms with Crippen LogP contribution in [0.3, 0.4) is 0 Å². The van der Waals surface area contributed by atoms with Gasteiger partial charge in [-0.1, -0.05) is 0 Å². The van der Waals surface area contributed by atoms with Crippen LogP contribution in [0.4, 0.5) is 0 Å². The molecule has 26 heavy (non-hydrogen) atoms. The zero-order valence-corrected chi connectivity index (χ0v) is 15.7. The summed E-state index contributed by atoms with van der Waals surface area (Å²) in [7, 11) is -0.970. The van der Waals surface area contributed by atoms with E-state index in [1.807, 2.05) is 18.5 Å². The van der Waals surface area contributed by atoms with Gasteiger partial charge in [0.25, 0.3) is 0 Å². The first kappa shape index (κ1) is 19.7. The Labute approximate surface area is 151 Å². The minimum atomic E-state index is -4.09. The molecule has 8 nitrogen and oxygen atoms in total. The number of carbonyl (C=O) groups is 2. The van der Waals surface area contributed by atoms with Gasteiger partial charge in [-0.25, -0.2) is 18.4 Å². The van der Waals surface area contributed by atoms with Crippen molar-refractivity contribution in [1.29, 1.82) is 0 Å². The van der Waals surface area contributed by atoms with Crippen molar-refractivity contribution in [3.05, 3.63) is 46.8 Å². The van der Waals surface area contributed by atoms with Crippen molar-refractivity contribution in [2.24, 2.45) is 12.2 Å². The van der Waals surface area contributed by atoms with Crippen molar-refractivity contribution >= 4 is 21.8 Å². The quantitative estimate of drug-likeness (QED) is 0.597. The number of aromatic nitrogens is 1. The lowest BCUT2D eigenvalue weighted by atomic mass is 10.1. The number of nitrogens with zero attached hydrogens (tertiary/aromatic N) is 1. The normalized spacial score (nSPS) is 11.3. The lowest BCUT2D eigenvalue weighted by Crippen LogP contribution is -2.17. The SMILES string of the molecule is COc1ccc(C(=O)OCC(=O)c2cc(C)n(C)c2C)cc1S(N)(=O)=O. The fourth-order valence-electron chi connectivity index (χ4n) is 2.46. The summed E-state index contributed by atoms with van der Waals surface area (Å²) in [4.78, 5) is 24.1. The van der Waals surface area contributed by atoms with Gasteiger partial charge >= 0.3 is 5.97 Å². The van der Waals surface area contributed by atoms with Gasteiger partial charge in [-0.3, -0.25) is 4.79 Å². The summed E-state index contributed by atoms with van der Waals surface area (Å²) >= 11 is 0. The number of ketones is 1. The largest absolute Gasteiger partial charge is 0.495 e. The molecule has 1 aromatic heterocycles. The van der Waals surface area contributed by atoms with Crippen LogP contribution in [0.15, 0.2) is 29.2 Å². The van der Waals surface area contributed by atoms with Crippen LogP contribution in [0.5, 0.6) is 5.75 Å². The number of sulfonamides is 1. The average Bonchev–Trinajstić information content (AvgIpc) is 2.85. The fourth-order valence-corrected chi connectivity index (χ4v) is 3.18. The molecule has 0 saturated carbocycles. The number of Topliss-reactive ketones (excluding diaryl/α,β-unsaturated/α-hetero) is 1. The number of aryl methyl sites for hydroxylation is 1. The molecule has 0 aliphatic heterocycles. The molecule has 0 unspecified atom stereocenters. The first-order valence-electron chi connectivity index (χ1n) is 7.60. The number of rotatable bonds is 6. The van der Waals surface area contributed by atoms with Crippen LogP contribution >= 0.6 is 0 Å². The topological polar surface area (TPSA) is 118 Å². The summed E-state index contributed by atoms with van der Waals surface area (Å²) in [6, 6.07) is 5.40. The number of esters is 1. The molecule has 0 amide bonds. The first-order valence-corrected chi connectivity index (χ1v) is 9.15. The van der Waals surface area contributed by atoms with Crippen molar-refractivity contribution in [2.75, 3.05) is 13.7 Å². The predicted octanol–water partition coefficient (Wildman–Crippen LogP) is 1.34.